The molecule has 6 nitrogen and oxygen atoms in total. The number of aromatic amines is 1. The van der Waals surface area contributed by atoms with Crippen molar-refractivity contribution in [2.45, 2.75) is 13.0 Å². The maximum Gasteiger partial charge on any atom is 0.254 e. The molecule has 108 valence electrons. The Bertz CT molecular complexity index is 695. The molecule has 0 saturated carbocycles. The number of nitrogens with one attached hydrogen (secondary N) is 1. The number of carbonyl (C=O) groups excluding carboxylic acids is 1. The number of nitrogens with zero attached hydrogens (tertiary/aromatic N) is 2. The first-order chi connectivity index (χ1) is 10.3. The Morgan fingerprint density at radius 3 is 3.00 bits per heavy atom. The van der Waals surface area contributed by atoms with Crippen LogP contribution < -0.4 is 9.47 Å². The van der Waals surface area contributed by atoms with Crippen LogP contribution in [-0.2, 0) is 13.0 Å². The zero-order valence-electron chi connectivity index (χ0n) is 11.5. The molecule has 2 aliphatic rings. The Hall–Kier alpha value is -2.50. The van der Waals surface area contributed by atoms with Crippen LogP contribution in [-0.4, -0.2) is 40.8 Å². The predicted octanol–water partition coefficient (Wildman–Crippen LogP) is 1.38. The van der Waals surface area contributed by atoms with Gasteiger partial charge in [0.25, 0.3) is 5.91 Å². The Labute approximate surface area is 121 Å². The van der Waals surface area contributed by atoms with Gasteiger partial charge in [0, 0.05) is 36.3 Å². The summed E-state index contributed by atoms with van der Waals surface area (Å²) < 4.78 is 11.0. The number of fused-ring (bicyclic) bond motifs is 2. The molecule has 6 heteroatoms. The first-order valence-corrected chi connectivity index (χ1v) is 7.01. The van der Waals surface area contributed by atoms with Crippen molar-refractivity contribution in [1.82, 2.24) is 15.1 Å². The lowest BCUT2D eigenvalue weighted by atomic mass is 10.1. The summed E-state index contributed by atoms with van der Waals surface area (Å²) in [5, 5.41) is 7.00. The first-order valence-electron chi connectivity index (χ1n) is 7.01. The lowest BCUT2D eigenvalue weighted by Crippen LogP contribution is -2.35. The number of hydrogen-bond donors (Lipinski definition) is 1. The molecular formula is C15H15N3O3. The lowest BCUT2D eigenvalue weighted by molar-refractivity contribution is 0.0733. The lowest BCUT2D eigenvalue weighted by Gasteiger charge is -2.27. The van der Waals surface area contributed by atoms with Crippen molar-refractivity contribution in [2.24, 2.45) is 0 Å². The number of aromatic nitrogens is 2. The van der Waals surface area contributed by atoms with E-state index in [-0.39, 0.29) is 5.91 Å². The van der Waals surface area contributed by atoms with Crippen LogP contribution in [0.5, 0.6) is 11.5 Å². The summed E-state index contributed by atoms with van der Waals surface area (Å²) in [5.74, 6) is 1.36. The highest BCUT2D eigenvalue weighted by atomic mass is 16.6. The Morgan fingerprint density at radius 1 is 1.24 bits per heavy atom. The number of hydrogen-bond acceptors (Lipinski definition) is 4. The van der Waals surface area contributed by atoms with Gasteiger partial charge in [-0.25, -0.2) is 0 Å². The minimum absolute atomic E-state index is 0.0128. The largest absolute Gasteiger partial charge is 0.486 e. The van der Waals surface area contributed by atoms with Crippen LogP contribution in [0, 0.1) is 0 Å². The third kappa shape index (κ3) is 2.12. The van der Waals surface area contributed by atoms with E-state index in [4.69, 9.17) is 9.47 Å². The number of benzene rings is 1. The molecule has 0 aliphatic carbocycles. The van der Waals surface area contributed by atoms with Crippen molar-refractivity contribution in [3.8, 4) is 11.5 Å². The molecule has 4 rings (SSSR count). The van der Waals surface area contributed by atoms with Crippen LogP contribution >= 0.6 is 0 Å². The Morgan fingerprint density at radius 2 is 2.10 bits per heavy atom. The van der Waals surface area contributed by atoms with Gasteiger partial charge >= 0.3 is 0 Å². The van der Waals surface area contributed by atoms with Crippen molar-refractivity contribution >= 4 is 5.91 Å². The molecule has 21 heavy (non-hydrogen) atoms. The highest BCUT2D eigenvalue weighted by Crippen LogP contribution is 2.31. The average molecular weight is 285 g/mol. The second-order valence-corrected chi connectivity index (χ2v) is 5.21. The van der Waals surface area contributed by atoms with E-state index in [0.29, 0.717) is 43.4 Å². The molecule has 1 aromatic carbocycles. The van der Waals surface area contributed by atoms with Gasteiger partial charge in [-0.1, -0.05) is 0 Å². The quantitative estimate of drug-likeness (QED) is 0.859. The fraction of sp³-hybridized carbons (Fsp3) is 0.333. The molecule has 1 aromatic heterocycles. The summed E-state index contributed by atoms with van der Waals surface area (Å²) in [6, 6.07) is 5.36. The van der Waals surface area contributed by atoms with Gasteiger partial charge in [-0.05, 0) is 18.2 Å². The normalized spacial score (nSPS) is 16.5. The van der Waals surface area contributed by atoms with Crippen molar-refractivity contribution in [1.29, 1.82) is 0 Å². The first kappa shape index (κ1) is 12.3. The fourth-order valence-corrected chi connectivity index (χ4v) is 2.75. The van der Waals surface area contributed by atoms with Crippen molar-refractivity contribution in [3.63, 3.8) is 0 Å². The topological polar surface area (TPSA) is 67.5 Å². The molecule has 0 atom stereocenters. The molecule has 1 amide bonds. The van der Waals surface area contributed by atoms with E-state index in [1.54, 1.807) is 24.4 Å². The molecule has 2 aromatic rings. The number of carbonyl (C=O) groups is 1. The second-order valence-electron chi connectivity index (χ2n) is 5.21. The minimum Gasteiger partial charge on any atom is -0.486 e. The molecule has 0 saturated heterocycles. The molecule has 3 heterocycles. The van der Waals surface area contributed by atoms with Crippen LogP contribution in [0.2, 0.25) is 0 Å². The van der Waals surface area contributed by atoms with Crippen LogP contribution in [0.4, 0.5) is 0 Å². The predicted molar refractivity (Wildman–Crippen MR) is 74.5 cm³/mol. The molecule has 0 radical (unpaired) electrons. The molecule has 2 aliphatic heterocycles. The zero-order valence-corrected chi connectivity index (χ0v) is 11.5. The van der Waals surface area contributed by atoms with Gasteiger partial charge in [-0.15, -0.1) is 0 Å². The van der Waals surface area contributed by atoms with Crippen LogP contribution in [0.15, 0.2) is 24.4 Å². The fourth-order valence-electron chi connectivity index (χ4n) is 2.75. The highest BCUT2D eigenvalue weighted by Gasteiger charge is 2.24. The third-order valence-corrected chi connectivity index (χ3v) is 3.88. The van der Waals surface area contributed by atoms with Gasteiger partial charge < -0.3 is 14.4 Å². The van der Waals surface area contributed by atoms with E-state index < -0.39 is 0 Å². The Kier molecular flexibility index (Phi) is 2.80. The summed E-state index contributed by atoms with van der Waals surface area (Å²) >= 11 is 0. The van der Waals surface area contributed by atoms with E-state index in [2.05, 4.69) is 10.2 Å². The van der Waals surface area contributed by atoms with E-state index in [1.165, 1.54) is 0 Å². The van der Waals surface area contributed by atoms with Gasteiger partial charge in [-0.3, -0.25) is 9.89 Å². The van der Waals surface area contributed by atoms with E-state index in [9.17, 15) is 4.79 Å². The molecule has 0 spiro atoms. The zero-order chi connectivity index (χ0) is 14.2. The smallest absolute Gasteiger partial charge is 0.254 e. The Balaban J connectivity index is 1.58. The number of H-pyrrole nitrogens is 1. The molecular weight excluding hydrogens is 270 g/mol. The van der Waals surface area contributed by atoms with Crippen LogP contribution in [0.3, 0.4) is 0 Å². The summed E-state index contributed by atoms with van der Waals surface area (Å²) in [7, 11) is 0. The summed E-state index contributed by atoms with van der Waals surface area (Å²) in [6.45, 7) is 2.37. The second kappa shape index (κ2) is 4.80. The molecule has 1 N–H and O–H groups in total. The monoisotopic (exact) mass is 285 g/mol. The van der Waals surface area contributed by atoms with Crippen molar-refractivity contribution in [3.05, 3.63) is 41.2 Å². The van der Waals surface area contributed by atoms with Gasteiger partial charge in [0.1, 0.15) is 13.2 Å². The van der Waals surface area contributed by atoms with Gasteiger partial charge in [0.15, 0.2) is 11.5 Å². The number of rotatable bonds is 1. The number of ether oxygens (including phenoxy) is 2. The van der Waals surface area contributed by atoms with Crippen molar-refractivity contribution in [2.75, 3.05) is 19.8 Å². The van der Waals surface area contributed by atoms with Gasteiger partial charge in [0.2, 0.25) is 0 Å². The maximum atomic E-state index is 12.6. The maximum absolute atomic E-state index is 12.6. The number of amides is 1. The van der Waals surface area contributed by atoms with E-state index >= 15 is 0 Å². The summed E-state index contributed by atoms with van der Waals surface area (Å²) in [5.41, 5.74) is 2.85. The standard InChI is InChI=1S/C15H15N3O3/c19-15(18-4-3-12-11(9-18)8-16-17-12)10-1-2-13-14(7-10)21-6-5-20-13/h1-2,7-8H,3-6,9H2,(H,16,17). The van der Waals surface area contributed by atoms with Crippen molar-refractivity contribution < 1.29 is 14.3 Å². The highest BCUT2D eigenvalue weighted by molar-refractivity contribution is 5.95. The van der Waals surface area contributed by atoms with E-state index in [0.717, 1.165) is 17.7 Å². The van der Waals surface area contributed by atoms with Crippen LogP contribution in [0.25, 0.3) is 0 Å². The van der Waals surface area contributed by atoms with Crippen LogP contribution in [0.1, 0.15) is 21.6 Å². The molecule has 0 unspecified atom stereocenters. The molecule has 0 fully saturated rings. The average Bonchev–Trinajstić information content (AvgIpc) is 3.01. The minimum atomic E-state index is 0.0128. The summed E-state index contributed by atoms with van der Waals surface area (Å²) in [4.78, 5) is 14.5. The van der Waals surface area contributed by atoms with Gasteiger partial charge in [0.05, 0.1) is 6.20 Å². The van der Waals surface area contributed by atoms with Gasteiger partial charge in [-0.2, -0.15) is 5.10 Å². The van der Waals surface area contributed by atoms with E-state index in [1.807, 2.05) is 4.90 Å². The third-order valence-electron chi connectivity index (χ3n) is 3.88. The summed E-state index contributed by atoms with van der Waals surface area (Å²) in [6.07, 6.45) is 2.60. The SMILES string of the molecule is O=C(c1ccc2c(c1)OCCO2)N1CCc2[nH]ncc2C1. The molecule has 0 bridgehead atoms.